The fourth-order valence-corrected chi connectivity index (χ4v) is 1.99. The van der Waals surface area contributed by atoms with Crippen molar-refractivity contribution in [1.29, 1.82) is 0 Å². The van der Waals surface area contributed by atoms with Crippen LogP contribution in [0.1, 0.15) is 37.2 Å². The molecule has 1 aromatic rings. The molecule has 0 saturated heterocycles. The van der Waals surface area contributed by atoms with E-state index in [1.165, 1.54) is 10.6 Å². The van der Waals surface area contributed by atoms with Gasteiger partial charge in [0.1, 0.15) is 10.8 Å². The first kappa shape index (κ1) is 15.9. The van der Waals surface area contributed by atoms with Gasteiger partial charge in [-0.2, -0.15) is 0 Å². The van der Waals surface area contributed by atoms with Crippen LogP contribution in [-0.2, 0) is 11.8 Å². The van der Waals surface area contributed by atoms with Crippen LogP contribution in [0.2, 0.25) is 10.2 Å². The van der Waals surface area contributed by atoms with Gasteiger partial charge in [0.25, 0.3) is 5.91 Å². The van der Waals surface area contributed by atoms with Crippen molar-refractivity contribution in [1.82, 2.24) is 9.88 Å². The van der Waals surface area contributed by atoms with E-state index in [1.807, 2.05) is 0 Å². The number of carboxylic acid groups (broad SMARTS) is 1. The highest BCUT2D eigenvalue weighted by Crippen LogP contribution is 2.25. The number of carboxylic acids is 1. The van der Waals surface area contributed by atoms with E-state index in [-0.39, 0.29) is 17.5 Å². The summed E-state index contributed by atoms with van der Waals surface area (Å²) in [6.07, 6.45) is 0.321. The molecule has 0 saturated carbocycles. The largest absolute Gasteiger partial charge is 0.481 e. The lowest BCUT2D eigenvalue weighted by Crippen LogP contribution is -2.44. The Morgan fingerprint density at radius 2 is 2.00 bits per heavy atom. The predicted molar refractivity (Wildman–Crippen MR) is 73.8 cm³/mol. The molecular formula is C12H16Cl2N2O3. The zero-order chi connectivity index (χ0) is 14.8. The normalized spacial score (nSPS) is 11.4. The fraction of sp³-hybridized carbons (Fsp3) is 0.500. The average Bonchev–Trinajstić information content (AvgIpc) is 2.54. The summed E-state index contributed by atoms with van der Waals surface area (Å²) in [5, 5.41) is 12.0. The van der Waals surface area contributed by atoms with Gasteiger partial charge >= 0.3 is 5.97 Å². The average molecular weight is 307 g/mol. The first-order valence-electron chi connectivity index (χ1n) is 5.69. The Labute approximate surface area is 121 Å². The third-order valence-corrected chi connectivity index (χ3v) is 3.61. The second-order valence-electron chi connectivity index (χ2n) is 4.96. The van der Waals surface area contributed by atoms with Crippen molar-refractivity contribution in [2.75, 3.05) is 0 Å². The van der Waals surface area contributed by atoms with Gasteiger partial charge < -0.3 is 15.0 Å². The Hall–Kier alpha value is -1.20. The number of nitrogens with zero attached hydrogens (tertiary/aromatic N) is 1. The lowest BCUT2D eigenvalue weighted by molar-refractivity contribution is -0.137. The highest BCUT2D eigenvalue weighted by Gasteiger charge is 2.24. The first-order chi connectivity index (χ1) is 8.64. The summed E-state index contributed by atoms with van der Waals surface area (Å²) in [6, 6.07) is 1.48. The molecule has 7 heteroatoms. The van der Waals surface area contributed by atoms with Gasteiger partial charge in [-0.1, -0.05) is 23.2 Å². The topological polar surface area (TPSA) is 71.3 Å². The number of carbonyl (C=O) groups excluding carboxylic acids is 1. The van der Waals surface area contributed by atoms with Gasteiger partial charge in [-0.05, 0) is 26.3 Å². The summed E-state index contributed by atoms with van der Waals surface area (Å²) in [5.74, 6) is -1.24. The summed E-state index contributed by atoms with van der Waals surface area (Å²) in [6.45, 7) is 3.53. The fourth-order valence-electron chi connectivity index (χ4n) is 1.61. The summed E-state index contributed by atoms with van der Waals surface area (Å²) in [5.41, 5.74) is -0.294. The SMILES string of the molecule is Cn1c(C(=O)NC(C)(C)CCC(=O)O)cc(Cl)c1Cl. The number of hydrogen-bond acceptors (Lipinski definition) is 2. The lowest BCUT2D eigenvalue weighted by Gasteiger charge is -2.25. The molecular weight excluding hydrogens is 291 g/mol. The van der Waals surface area contributed by atoms with E-state index in [2.05, 4.69) is 5.32 Å². The number of carbonyl (C=O) groups is 2. The Kier molecular flexibility index (Phi) is 4.87. The highest BCUT2D eigenvalue weighted by molar-refractivity contribution is 6.41. The molecule has 0 aliphatic rings. The molecule has 0 aliphatic carbocycles. The monoisotopic (exact) mass is 306 g/mol. The highest BCUT2D eigenvalue weighted by atomic mass is 35.5. The van der Waals surface area contributed by atoms with E-state index in [1.54, 1.807) is 20.9 Å². The van der Waals surface area contributed by atoms with Crippen LogP contribution < -0.4 is 5.32 Å². The Morgan fingerprint density at radius 1 is 1.42 bits per heavy atom. The smallest absolute Gasteiger partial charge is 0.303 e. The molecule has 1 rings (SSSR count). The maximum atomic E-state index is 12.1. The van der Waals surface area contributed by atoms with Crippen molar-refractivity contribution in [3.05, 3.63) is 21.9 Å². The molecule has 2 N–H and O–H groups in total. The molecule has 0 radical (unpaired) electrons. The van der Waals surface area contributed by atoms with E-state index in [4.69, 9.17) is 28.3 Å². The quantitative estimate of drug-likeness (QED) is 0.878. The zero-order valence-electron chi connectivity index (χ0n) is 11.0. The predicted octanol–water partition coefficient (Wildman–Crippen LogP) is 2.71. The van der Waals surface area contributed by atoms with E-state index < -0.39 is 11.5 Å². The van der Waals surface area contributed by atoms with Crippen LogP contribution in [0.15, 0.2) is 6.07 Å². The van der Waals surface area contributed by atoms with Gasteiger partial charge in [-0.15, -0.1) is 0 Å². The van der Waals surface area contributed by atoms with Crippen LogP contribution >= 0.6 is 23.2 Å². The van der Waals surface area contributed by atoms with Gasteiger partial charge in [-0.3, -0.25) is 9.59 Å². The van der Waals surface area contributed by atoms with E-state index in [0.717, 1.165) is 0 Å². The molecule has 106 valence electrons. The van der Waals surface area contributed by atoms with Gasteiger partial charge in [-0.25, -0.2) is 0 Å². The second kappa shape index (κ2) is 5.84. The first-order valence-corrected chi connectivity index (χ1v) is 6.44. The van der Waals surface area contributed by atoms with Crippen molar-refractivity contribution in [2.45, 2.75) is 32.2 Å². The zero-order valence-corrected chi connectivity index (χ0v) is 12.5. The third kappa shape index (κ3) is 4.14. The molecule has 0 spiro atoms. The summed E-state index contributed by atoms with van der Waals surface area (Å²) < 4.78 is 1.48. The number of nitrogens with one attached hydrogen (secondary N) is 1. The molecule has 0 atom stereocenters. The Morgan fingerprint density at radius 3 is 2.42 bits per heavy atom. The lowest BCUT2D eigenvalue weighted by atomic mass is 9.98. The van der Waals surface area contributed by atoms with Crippen LogP contribution in [0.4, 0.5) is 0 Å². The van der Waals surface area contributed by atoms with E-state index in [9.17, 15) is 9.59 Å². The molecule has 1 aromatic heterocycles. The molecule has 1 heterocycles. The van der Waals surface area contributed by atoms with Crippen LogP contribution in [0.5, 0.6) is 0 Å². The summed E-state index contributed by atoms with van der Waals surface area (Å²) in [7, 11) is 1.63. The number of halogens is 2. The van der Waals surface area contributed by atoms with E-state index >= 15 is 0 Å². The van der Waals surface area contributed by atoms with Crippen molar-refractivity contribution < 1.29 is 14.7 Å². The van der Waals surface area contributed by atoms with Gasteiger partial charge in [0.05, 0.1) is 5.02 Å². The molecule has 19 heavy (non-hydrogen) atoms. The second-order valence-corrected chi connectivity index (χ2v) is 5.72. The summed E-state index contributed by atoms with van der Waals surface area (Å²) >= 11 is 11.7. The minimum Gasteiger partial charge on any atom is -0.481 e. The standard InChI is InChI=1S/C12H16Cl2N2O3/c1-12(2,5-4-9(17)18)15-11(19)8-6-7(13)10(14)16(8)3/h6H,4-5H2,1-3H3,(H,15,19)(H,17,18). The van der Waals surface area contributed by atoms with Crippen LogP contribution in [0.3, 0.4) is 0 Å². The van der Waals surface area contributed by atoms with Gasteiger partial charge in [0.2, 0.25) is 0 Å². The van der Waals surface area contributed by atoms with Crippen LogP contribution in [0.25, 0.3) is 0 Å². The molecule has 0 aliphatic heterocycles. The third-order valence-electron chi connectivity index (χ3n) is 2.76. The number of aromatic nitrogens is 1. The van der Waals surface area contributed by atoms with Crippen molar-refractivity contribution in [3.63, 3.8) is 0 Å². The minimum atomic E-state index is -0.896. The Bertz CT molecular complexity index is 509. The van der Waals surface area contributed by atoms with Gasteiger partial charge in [0, 0.05) is 19.0 Å². The summed E-state index contributed by atoms with van der Waals surface area (Å²) in [4.78, 5) is 22.6. The molecule has 0 aromatic carbocycles. The van der Waals surface area contributed by atoms with Crippen molar-refractivity contribution >= 4 is 35.1 Å². The number of aliphatic carboxylic acids is 1. The molecule has 0 unspecified atom stereocenters. The van der Waals surface area contributed by atoms with Gasteiger partial charge in [0.15, 0.2) is 0 Å². The molecule has 1 amide bonds. The molecule has 5 nitrogen and oxygen atoms in total. The molecule has 0 fully saturated rings. The Balaban J connectivity index is 2.78. The number of rotatable bonds is 5. The minimum absolute atomic E-state index is 0.0120. The molecule has 0 bridgehead atoms. The van der Waals surface area contributed by atoms with Crippen LogP contribution in [0, 0.1) is 0 Å². The number of amides is 1. The van der Waals surface area contributed by atoms with Crippen molar-refractivity contribution in [3.8, 4) is 0 Å². The van der Waals surface area contributed by atoms with E-state index in [0.29, 0.717) is 17.1 Å². The maximum absolute atomic E-state index is 12.1. The number of hydrogen-bond donors (Lipinski definition) is 2. The van der Waals surface area contributed by atoms with Crippen LogP contribution in [-0.4, -0.2) is 27.1 Å². The van der Waals surface area contributed by atoms with Crippen molar-refractivity contribution in [2.24, 2.45) is 7.05 Å². The maximum Gasteiger partial charge on any atom is 0.303 e.